The van der Waals surface area contributed by atoms with Crippen molar-refractivity contribution in [1.29, 1.82) is 0 Å². The number of hydrogen-bond donors (Lipinski definition) is 2. The lowest BCUT2D eigenvalue weighted by Gasteiger charge is -2.12. The molecule has 0 bridgehead atoms. The Bertz CT molecular complexity index is 1130. The second-order valence-electron chi connectivity index (χ2n) is 6.17. The van der Waals surface area contributed by atoms with E-state index in [4.69, 9.17) is 39.5 Å². The van der Waals surface area contributed by atoms with Gasteiger partial charge in [0.1, 0.15) is 17.4 Å². The van der Waals surface area contributed by atoms with Crippen molar-refractivity contribution in [2.75, 3.05) is 23.8 Å². The average molecular weight is 468 g/mol. The highest BCUT2D eigenvalue weighted by Gasteiger charge is 2.11. The second-order valence-corrected chi connectivity index (χ2v) is 7.36. The Hall–Kier alpha value is -2.74. The van der Waals surface area contributed by atoms with Gasteiger partial charge >= 0.3 is 0 Å². The Morgan fingerprint density at radius 2 is 1.93 bits per heavy atom. The smallest absolute Gasteiger partial charge is 0.291 e. The van der Waals surface area contributed by atoms with Gasteiger partial charge in [-0.25, -0.2) is 0 Å². The number of nitrogens with zero attached hydrogens (tertiary/aromatic N) is 2. The van der Waals surface area contributed by atoms with Gasteiger partial charge in [-0.3, -0.25) is 9.59 Å². The van der Waals surface area contributed by atoms with Crippen LogP contribution in [0.25, 0.3) is 5.69 Å². The third-order valence-corrected chi connectivity index (χ3v) is 4.98. The first-order valence-corrected chi connectivity index (χ1v) is 9.96. The number of benzene rings is 2. The normalized spacial score (nSPS) is 10.5. The standard InChI is InChI=1S/C20H17Cl3N4O3/c1-12(28)26-13-3-2-4-15(9-13)30-8-7-24-18-6-5-14(10-16(18)21)27-20(29)19(23)17(22)11-25-27/h2-6,9-11,24H,7-8H2,1H3,(H,26,28). The van der Waals surface area contributed by atoms with Gasteiger partial charge in [-0.05, 0) is 30.3 Å². The third-order valence-electron chi connectivity index (χ3n) is 3.91. The largest absolute Gasteiger partial charge is 0.492 e. The highest BCUT2D eigenvalue weighted by atomic mass is 35.5. The van der Waals surface area contributed by atoms with E-state index in [-0.39, 0.29) is 16.0 Å². The van der Waals surface area contributed by atoms with Crippen LogP contribution in [0.5, 0.6) is 5.75 Å². The topological polar surface area (TPSA) is 85.2 Å². The van der Waals surface area contributed by atoms with Crippen molar-refractivity contribution in [2.24, 2.45) is 0 Å². The van der Waals surface area contributed by atoms with E-state index < -0.39 is 5.56 Å². The van der Waals surface area contributed by atoms with Gasteiger partial charge in [0.2, 0.25) is 5.91 Å². The van der Waals surface area contributed by atoms with E-state index >= 15 is 0 Å². The lowest BCUT2D eigenvalue weighted by molar-refractivity contribution is -0.114. The van der Waals surface area contributed by atoms with Crippen molar-refractivity contribution in [2.45, 2.75) is 6.92 Å². The number of amides is 1. The zero-order valence-electron chi connectivity index (χ0n) is 15.8. The first kappa shape index (κ1) is 22.0. The Morgan fingerprint density at radius 1 is 1.13 bits per heavy atom. The van der Waals surface area contributed by atoms with Gasteiger partial charge < -0.3 is 15.4 Å². The lowest BCUT2D eigenvalue weighted by atomic mass is 10.2. The minimum absolute atomic E-state index is 0.0879. The number of halogens is 3. The molecule has 10 heteroatoms. The fourth-order valence-electron chi connectivity index (χ4n) is 2.60. The van der Waals surface area contributed by atoms with Gasteiger partial charge in [-0.2, -0.15) is 9.78 Å². The lowest BCUT2D eigenvalue weighted by Crippen LogP contribution is -2.21. The molecule has 156 valence electrons. The van der Waals surface area contributed by atoms with Gasteiger partial charge in [0.15, 0.2) is 0 Å². The van der Waals surface area contributed by atoms with E-state index in [2.05, 4.69) is 15.7 Å². The maximum atomic E-state index is 12.2. The summed E-state index contributed by atoms with van der Waals surface area (Å²) in [5, 5.41) is 10.2. The van der Waals surface area contributed by atoms with Gasteiger partial charge in [0, 0.05) is 25.2 Å². The number of aromatic nitrogens is 2. The van der Waals surface area contributed by atoms with Crippen LogP contribution in [0.2, 0.25) is 15.1 Å². The Morgan fingerprint density at radius 3 is 2.67 bits per heavy atom. The number of carbonyl (C=O) groups excluding carboxylic acids is 1. The molecule has 2 aromatic carbocycles. The summed E-state index contributed by atoms with van der Waals surface area (Å²) in [5.74, 6) is 0.486. The fourth-order valence-corrected chi connectivity index (χ4v) is 3.09. The predicted molar refractivity (Wildman–Crippen MR) is 120 cm³/mol. The van der Waals surface area contributed by atoms with Crippen LogP contribution in [0, 0.1) is 0 Å². The van der Waals surface area contributed by atoms with Crippen molar-refractivity contribution in [3.8, 4) is 11.4 Å². The van der Waals surface area contributed by atoms with Gasteiger partial charge in [-0.15, -0.1) is 0 Å². The molecule has 1 amide bonds. The summed E-state index contributed by atoms with van der Waals surface area (Å²) in [6.07, 6.45) is 1.30. The molecule has 0 atom stereocenters. The summed E-state index contributed by atoms with van der Waals surface area (Å²) in [6.45, 7) is 2.30. The maximum Gasteiger partial charge on any atom is 0.291 e. The van der Waals surface area contributed by atoms with Crippen molar-refractivity contribution in [3.63, 3.8) is 0 Å². The van der Waals surface area contributed by atoms with E-state index in [0.717, 1.165) is 4.68 Å². The van der Waals surface area contributed by atoms with Crippen molar-refractivity contribution in [3.05, 3.63) is 74.1 Å². The van der Waals surface area contributed by atoms with Crippen LogP contribution in [-0.2, 0) is 4.79 Å². The molecular formula is C20H17Cl3N4O3. The molecule has 30 heavy (non-hydrogen) atoms. The molecule has 2 N–H and O–H groups in total. The van der Waals surface area contributed by atoms with Crippen molar-refractivity contribution < 1.29 is 9.53 Å². The predicted octanol–water partition coefficient (Wildman–Crippen LogP) is 4.64. The van der Waals surface area contributed by atoms with E-state index in [1.807, 2.05) is 0 Å². The number of anilines is 2. The molecular weight excluding hydrogens is 451 g/mol. The SMILES string of the molecule is CC(=O)Nc1cccc(OCCNc2ccc(-n3ncc(Cl)c(Cl)c3=O)cc2Cl)c1. The number of nitrogens with one attached hydrogen (secondary N) is 2. The molecule has 0 aliphatic heterocycles. The molecule has 0 saturated carbocycles. The molecule has 0 fully saturated rings. The highest BCUT2D eigenvalue weighted by molar-refractivity contribution is 6.41. The number of hydrogen-bond acceptors (Lipinski definition) is 5. The fraction of sp³-hybridized carbons (Fsp3) is 0.150. The second kappa shape index (κ2) is 9.84. The Kier molecular flexibility index (Phi) is 7.20. The van der Waals surface area contributed by atoms with Gasteiger partial charge in [-0.1, -0.05) is 40.9 Å². The van der Waals surface area contributed by atoms with E-state index in [9.17, 15) is 9.59 Å². The summed E-state index contributed by atoms with van der Waals surface area (Å²) in [7, 11) is 0. The third kappa shape index (κ3) is 5.44. The van der Waals surface area contributed by atoms with Crippen LogP contribution in [0.15, 0.2) is 53.5 Å². The summed E-state index contributed by atoms with van der Waals surface area (Å²) < 4.78 is 6.80. The zero-order chi connectivity index (χ0) is 21.7. The Balaban J connectivity index is 1.60. The summed E-state index contributed by atoms with van der Waals surface area (Å²) in [6, 6.07) is 12.1. The monoisotopic (exact) mass is 466 g/mol. The molecule has 0 radical (unpaired) electrons. The van der Waals surface area contributed by atoms with E-state index in [0.29, 0.717) is 41.0 Å². The molecule has 7 nitrogen and oxygen atoms in total. The Labute approximate surface area is 187 Å². The highest BCUT2D eigenvalue weighted by Crippen LogP contribution is 2.25. The number of carbonyl (C=O) groups is 1. The minimum Gasteiger partial charge on any atom is -0.492 e. The van der Waals surface area contributed by atoms with E-state index in [1.54, 1.807) is 42.5 Å². The average Bonchev–Trinajstić information content (AvgIpc) is 2.70. The molecule has 1 aromatic heterocycles. The summed E-state index contributed by atoms with van der Waals surface area (Å²) >= 11 is 18.0. The molecule has 0 aliphatic rings. The van der Waals surface area contributed by atoms with Crippen LogP contribution in [0.1, 0.15) is 6.92 Å². The van der Waals surface area contributed by atoms with Crippen molar-refractivity contribution >= 4 is 52.1 Å². The molecule has 1 heterocycles. The molecule has 0 unspecified atom stereocenters. The molecule has 0 saturated heterocycles. The minimum atomic E-state index is -0.532. The van der Waals surface area contributed by atoms with Crippen LogP contribution < -0.4 is 20.9 Å². The first-order valence-electron chi connectivity index (χ1n) is 8.83. The molecule has 3 rings (SSSR count). The van der Waals surface area contributed by atoms with Crippen LogP contribution in [0.3, 0.4) is 0 Å². The summed E-state index contributed by atoms with van der Waals surface area (Å²) in [5.41, 5.74) is 1.26. The van der Waals surface area contributed by atoms with Gasteiger partial charge in [0.25, 0.3) is 5.56 Å². The quantitative estimate of drug-likeness (QED) is 0.494. The van der Waals surface area contributed by atoms with Crippen LogP contribution in [0.4, 0.5) is 11.4 Å². The molecule has 3 aromatic rings. The zero-order valence-corrected chi connectivity index (χ0v) is 18.1. The van der Waals surface area contributed by atoms with E-state index in [1.165, 1.54) is 13.1 Å². The van der Waals surface area contributed by atoms with Crippen LogP contribution >= 0.6 is 34.8 Å². The summed E-state index contributed by atoms with van der Waals surface area (Å²) in [4.78, 5) is 23.3. The number of ether oxygens (including phenoxy) is 1. The van der Waals surface area contributed by atoms with Crippen LogP contribution in [-0.4, -0.2) is 28.8 Å². The van der Waals surface area contributed by atoms with Crippen molar-refractivity contribution in [1.82, 2.24) is 9.78 Å². The molecule has 0 aliphatic carbocycles. The first-order chi connectivity index (χ1) is 14.3. The molecule has 0 spiro atoms. The van der Waals surface area contributed by atoms with Gasteiger partial charge in [0.05, 0.1) is 27.6 Å². The maximum absolute atomic E-state index is 12.2. The number of rotatable bonds is 7.